The van der Waals surface area contributed by atoms with Gasteiger partial charge in [0.1, 0.15) is 0 Å². The van der Waals surface area contributed by atoms with Crippen LogP contribution in [0.25, 0.3) is 10.9 Å². The van der Waals surface area contributed by atoms with E-state index in [0.29, 0.717) is 11.3 Å². The van der Waals surface area contributed by atoms with Crippen molar-refractivity contribution < 1.29 is 12.9 Å². The van der Waals surface area contributed by atoms with Crippen molar-refractivity contribution in [1.29, 1.82) is 0 Å². The van der Waals surface area contributed by atoms with Gasteiger partial charge in [0.15, 0.2) is 5.76 Å². The molecular formula is C17H18N4O5S. The predicted molar refractivity (Wildman–Crippen MR) is 97.0 cm³/mol. The Morgan fingerprint density at radius 3 is 2.63 bits per heavy atom. The first-order valence-corrected chi connectivity index (χ1v) is 9.86. The normalized spacial score (nSPS) is 15.9. The molecule has 2 aromatic heterocycles. The standard InChI is InChI=1S/C17H18N4O5S/c1-17(6-7-17)19-27(24,25)12-3-4-14-13(9-12)15(22)21(16(23)20(14)2)10-11-5-8-18-26-11/h3-5,8-9,19H,6-7,10H2,1-2H3. The van der Waals surface area contributed by atoms with E-state index in [1.165, 1.54) is 36.0 Å². The number of nitrogens with one attached hydrogen (secondary N) is 1. The zero-order valence-electron chi connectivity index (χ0n) is 14.8. The Morgan fingerprint density at radius 1 is 1.26 bits per heavy atom. The zero-order valence-corrected chi connectivity index (χ0v) is 15.6. The third-order valence-corrected chi connectivity index (χ3v) is 6.46. The molecule has 142 valence electrons. The topological polar surface area (TPSA) is 116 Å². The van der Waals surface area contributed by atoms with Crippen molar-refractivity contribution in [2.24, 2.45) is 7.05 Å². The van der Waals surface area contributed by atoms with Gasteiger partial charge in [-0.1, -0.05) is 5.16 Å². The van der Waals surface area contributed by atoms with Crippen LogP contribution in [0.3, 0.4) is 0 Å². The third kappa shape index (κ3) is 3.10. The molecule has 0 spiro atoms. The van der Waals surface area contributed by atoms with Crippen LogP contribution < -0.4 is 16.0 Å². The lowest BCUT2D eigenvalue weighted by Crippen LogP contribution is -2.39. The first-order valence-electron chi connectivity index (χ1n) is 8.37. The van der Waals surface area contributed by atoms with Gasteiger partial charge >= 0.3 is 5.69 Å². The fourth-order valence-electron chi connectivity index (χ4n) is 2.95. The Bertz CT molecular complexity index is 1250. The van der Waals surface area contributed by atoms with Gasteiger partial charge in [0, 0.05) is 18.7 Å². The summed E-state index contributed by atoms with van der Waals surface area (Å²) in [5.41, 5.74) is -1.18. The first-order chi connectivity index (χ1) is 12.7. The van der Waals surface area contributed by atoms with Crippen molar-refractivity contribution in [2.45, 2.75) is 36.7 Å². The summed E-state index contributed by atoms with van der Waals surface area (Å²) in [4.78, 5) is 25.4. The fraction of sp³-hybridized carbons (Fsp3) is 0.353. The van der Waals surface area contributed by atoms with Crippen LogP contribution in [-0.4, -0.2) is 28.2 Å². The smallest absolute Gasteiger partial charge is 0.331 e. The average Bonchev–Trinajstić information content (AvgIpc) is 3.12. The summed E-state index contributed by atoms with van der Waals surface area (Å²) in [7, 11) is -2.24. The molecule has 1 N–H and O–H groups in total. The van der Waals surface area contributed by atoms with Crippen LogP contribution in [0.4, 0.5) is 0 Å². The average molecular weight is 390 g/mol. The maximum absolute atomic E-state index is 12.9. The highest BCUT2D eigenvalue weighted by atomic mass is 32.2. The van der Waals surface area contributed by atoms with Gasteiger partial charge < -0.3 is 4.52 Å². The highest BCUT2D eigenvalue weighted by Crippen LogP contribution is 2.36. The highest BCUT2D eigenvalue weighted by Gasteiger charge is 2.41. The van der Waals surface area contributed by atoms with Crippen molar-refractivity contribution in [3.8, 4) is 0 Å². The van der Waals surface area contributed by atoms with Gasteiger partial charge in [0.25, 0.3) is 5.56 Å². The van der Waals surface area contributed by atoms with Crippen LogP contribution in [-0.2, 0) is 23.6 Å². The monoisotopic (exact) mass is 390 g/mol. The molecule has 0 atom stereocenters. The summed E-state index contributed by atoms with van der Waals surface area (Å²) < 4.78 is 35.2. The lowest BCUT2D eigenvalue weighted by Gasteiger charge is -2.14. The molecule has 27 heavy (non-hydrogen) atoms. The molecule has 1 fully saturated rings. The van der Waals surface area contributed by atoms with Gasteiger partial charge in [0.05, 0.1) is 28.5 Å². The number of rotatable bonds is 5. The lowest BCUT2D eigenvalue weighted by molar-refractivity contribution is 0.372. The third-order valence-electron chi connectivity index (χ3n) is 4.82. The Morgan fingerprint density at radius 2 is 2.00 bits per heavy atom. The molecule has 10 heteroatoms. The number of sulfonamides is 1. The molecule has 4 rings (SSSR count). The highest BCUT2D eigenvalue weighted by molar-refractivity contribution is 7.89. The van der Waals surface area contributed by atoms with Crippen LogP contribution in [0.1, 0.15) is 25.5 Å². The molecule has 1 aliphatic rings. The molecule has 0 radical (unpaired) electrons. The predicted octanol–water partition coefficient (Wildman–Crippen LogP) is 0.567. The van der Waals surface area contributed by atoms with E-state index in [1.807, 2.05) is 6.92 Å². The summed E-state index contributed by atoms with van der Waals surface area (Å²) in [6.45, 7) is 1.74. The van der Waals surface area contributed by atoms with Gasteiger partial charge in [-0.05, 0) is 38.0 Å². The van der Waals surface area contributed by atoms with Crippen molar-refractivity contribution in [3.63, 3.8) is 0 Å². The van der Waals surface area contributed by atoms with Crippen LogP contribution in [0.2, 0.25) is 0 Å². The summed E-state index contributed by atoms with van der Waals surface area (Å²) in [5, 5.41) is 3.70. The molecule has 1 aliphatic carbocycles. The molecule has 0 bridgehead atoms. The quantitative estimate of drug-likeness (QED) is 0.681. The lowest BCUT2D eigenvalue weighted by atomic mass is 10.2. The van der Waals surface area contributed by atoms with Crippen molar-refractivity contribution in [3.05, 3.63) is 57.1 Å². The minimum absolute atomic E-state index is 0.00918. The number of benzene rings is 1. The fourth-order valence-corrected chi connectivity index (χ4v) is 4.45. The molecule has 3 aromatic rings. The summed E-state index contributed by atoms with van der Waals surface area (Å²) >= 11 is 0. The maximum atomic E-state index is 12.9. The summed E-state index contributed by atoms with van der Waals surface area (Å²) in [6, 6.07) is 5.73. The van der Waals surface area contributed by atoms with E-state index in [2.05, 4.69) is 9.88 Å². The van der Waals surface area contributed by atoms with E-state index in [-0.39, 0.29) is 16.8 Å². The minimum Gasteiger partial charge on any atom is -0.359 e. The Labute approximate surface area is 154 Å². The van der Waals surface area contributed by atoms with E-state index in [9.17, 15) is 18.0 Å². The molecule has 1 saturated carbocycles. The number of fused-ring (bicyclic) bond motifs is 1. The van der Waals surface area contributed by atoms with Crippen LogP contribution in [0.15, 0.2) is 49.5 Å². The van der Waals surface area contributed by atoms with Crippen LogP contribution in [0, 0.1) is 0 Å². The molecule has 0 amide bonds. The SMILES string of the molecule is Cn1c(=O)n(Cc2ccno2)c(=O)c2cc(S(=O)(=O)NC3(C)CC3)ccc21. The van der Waals surface area contributed by atoms with Gasteiger partial charge in [-0.25, -0.2) is 17.9 Å². The number of hydrogen-bond donors (Lipinski definition) is 1. The second-order valence-corrected chi connectivity index (χ2v) is 8.74. The summed E-state index contributed by atoms with van der Waals surface area (Å²) in [5.74, 6) is 0.348. The Balaban J connectivity index is 1.87. The number of aromatic nitrogens is 3. The van der Waals surface area contributed by atoms with Gasteiger partial charge in [-0.15, -0.1) is 0 Å². The van der Waals surface area contributed by atoms with Crippen LogP contribution in [0.5, 0.6) is 0 Å². The van der Waals surface area contributed by atoms with Gasteiger partial charge in [0.2, 0.25) is 10.0 Å². The van der Waals surface area contributed by atoms with Gasteiger partial charge in [-0.2, -0.15) is 0 Å². The largest absolute Gasteiger partial charge is 0.359 e. The van der Waals surface area contributed by atoms with Crippen molar-refractivity contribution >= 4 is 20.9 Å². The van der Waals surface area contributed by atoms with Crippen molar-refractivity contribution in [1.82, 2.24) is 19.0 Å². The van der Waals surface area contributed by atoms with Gasteiger partial charge in [-0.3, -0.25) is 13.9 Å². The molecule has 9 nitrogen and oxygen atoms in total. The van der Waals surface area contributed by atoms with Crippen molar-refractivity contribution in [2.75, 3.05) is 0 Å². The molecule has 0 saturated heterocycles. The number of hydrogen-bond acceptors (Lipinski definition) is 6. The second kappa shape index (κ2) is 5.89. The van der Waals surface area contributed by atoms with E-state index in [0.717, 1.165) is 17.4 Å². The molecular weight excluding hydrogens is 372 g/mol. The molecule has 2 heterocycles. The first kappa shape index (κ1) is 17.7. The van der Waals surface area contributed by atoms with E-state index < -0.39 is 26.8 Å². The Hall–Kier alpha value is -2.72. The molecule has 0 aliphatic heterocycles. The molecule has 1 aromatic carbocycles. The Kier molecular flexibility index (Phi) is 3.86. The zero-order chi connectivity index (χ0) is 19.4. The number of aryl methyl sites for hydroxylation is 1. The minimum atomic E-state index is -3.76. The van der Waals surface area contributed by atoms with Crippen LogP contribution >= 0.6 is 0 Å². The summed E-state index contributed by atoms with van der Waals surface area (Å²) in [6.07, 6.45) is 2.97. The number of nitrogens with zero attached hydrogens (tertiary/aromatic N) is 3. The molecule has 0 unspecified atom stereocenters. The second-order valence-electron chi connectivity index (χ2n) is 7.06. The maximum Gasteiger partial charge on any atom is 0.331 e. The van der Waals surface area contributed by atoms with E-state index >= 15 is 0 Å². The van der Waals surface area contributed by atoms with E-state index in [1.54, 1.807) is 6.07 Å². The van der Waals surface area contributed by atoms with E-state index in [4.69, 9.17) is 4.52 Å².